The van der Waals surface area contributed by atoms with Gasteiger partial charge in [-0.15, -0.1) is 0 Å². The Morgan fingerprint density at radius 1 is 1.18 bits per heavy atom. The number of hydrogen-bond donors (Lipinski definition) is 0. The molecule has 9 nitrogen and oxygen atoms in total. The first-order chi connectivity index (χ1) is 16.0. The SMILES string of the molecule is CCn1cc(C(=O)N2CC(c3nc(-c4ccccc4OC)no3)C2)c(=O)c2ccc(C)nc21. The van der Waals surface area contributed by atoms with E-state index in [0.29, 0.717) is 48.1 Å². The molecule has 5 rings (SSSR count). The van der Waals surface area contributed by atoms with Crippen molar-refractivity contribution >= 4 is 16.9 Å². The largest absolute Gasteiger partial charge is 0.496 e. The number of pyridine rings is 2. The predicted molar refractivity (Wildman–Crippen MR) is 121 cm³/mol. The van der Waals surface area contributed by atoms with E-state index in [2.05, 4.69) is 15.1 Å². The molecule has 0 aliphatic carbocycles. The van der Waals surface area contributed by atoms with Crippen LogP contribution in [0.5, 0.6) is 5.75 Å². The molecule has 0 atom stereocenters. The smallest absolute Gasteiger partial charge is 0.259 e. The Kier molecular flexibility index (Phi) is 5.16. The Balaban J connectivity index is 1.36. The van der Waals surface area contributed by atoms with E-state index in [4.69, 9.17) is 9.26 Å². The molecule has 4 heterocycles. The molecule has 0 N–H and O–H groups in total. The van der Waals surface area contributed by atoms with Crippen molar-refractivity contribution in [3.8, 4) is 17.1 Å². The lowest BCUT2D eigenvalue weighted by molar-refractivity contribution is 0.0567. The van der Waals surface area contributed by atoms with Crippen LogP contribution in [0.3, 0.4) is 0 Å². The maximum atomic E-state index is 13.1. The van der Waals surface area contributed by atoms with Gasteiger partial charge < -0.3 is 18.7 Å². The van der Waals surface area contributed by atoms with Gasteiger partial charge in [0.15, 0.2) is 0 Å². The molecule has 0 unspecified atom stereocenters. The van der Waals surface area contributed by atoms with Gasteiger partial charge in [-0.1, -0.05) is 17.3 Å². The molecule has 33 heavy (non-hydrogen) atoms. The Morgan fingerprint density at radius 3 is 2.73 bits per heavy atom. The summed E-state index contributed by atoms with van der Waals surface area (Å²) in [5.41, 5.74) is 2.00. The van der Waals surface area contributed by atoms with Crippen LogP contribution < -0.4 is 10.2 Å². The van der Waals surface area contributed by atoms with E-state index in [9.17, 15) is 9.59 Å². The highest BCUT2D eigenvalue weighted by atomic mass is 16.5. The van der Waals surface area contributed by atoms with Crippen molar-refractivity contribution in [2.24, 2.45) is 0 Å². The van der Waals surface area contributed by atoms with Crippen molar-refractivity contribution in [3.63, 3.8) is 0 Å². The summed E-state index contributed by atoms with van der Waals surface area (Å²) < 4.78 is 12.7. The van der Waals surface area contributed by atoms with E-state index in [-0.39, 0.29) is 22.8 Å². The van der Waals surface area contributed by atoms with Crippen molar-refractivity contribution < 1.29 is 14.1 Å². The Morgan fingerprint density at radius 2 is 1.97 bits per heavy atom. The number of carbonyl (C=O) groups excluding carboxylic acids is 1. The van der Waals surface area contributed by atoms with E-state index in [1.807, 2.05) is 42.7 Å². The van der Waals surface area contributed by atoms with Gasteiger partial charge in [0.1, 0.15) is 17.0 Å². The minimum absolute atomic E-state index is 0.0805. The number of amides is 1. The fraction of sp³-hybridized carbons (Fsp3) is 0.292. The van der Waals surface area contributed by atoms with E-state index in [1.54, 1.807) is 30.3 Å². The van der Waals surface area contributed by atoms with Gasteiger partial charge in [-0.2, -0.15) is 4.98 Å². The molecule has 3 aromatic heterocycles. The third-order valence-corrected chi connectivity index (χ3v) is 5.94. The summed E-state index contributed by atoms with van der Waals surface area (Å²) in [6, 6.07) is 11.0. The van der Waals surface area contributed by atoms with Crippen LogP contribution in [0.1, 0.15) is 34.8 Å². The van der Waals surface area contributed by atoms with Crippen LogP contribution in [0.4, 0.5) is 0 Å². The molecular formula is C24H23N5O4. The molecule has 1 aliphatic heterocycles. The van der Waals surface area contributed by atoms with Crippen LogP contribution in [-0.4, -0.2) is 50.7 Å². The summed E-state index contributed by atoms with van der Waals surface area (Å²) in [5.74, 6) is 1.18. The summed E-state index contributed by atoms with van der Waals surface area (Å²) in [6.07, 6.45) is 1.61. The monoisotopic (exact) mass is 445 g/mol. The zero-order valence-electron chi connectivity index (χ0n) is 18.6. The number of para-hydroxylation sites is 1. The Bertz CT molecular complexity index is 1420. The van der Waals surface area contributed by atoms with Crippen LogP contribution in [0.15, 0.2) is 51.9 Å². The van der Waals surface area contributed by atoms with E-state index in [1.165, 1.54) is 0 Å². The minimum Gasteiger partial charge on any atom is -0.496 e. The highest BCUT2D eigenvalue weighted by molar-refractivity contribution is 5.97. The number of ether oxygens (including phenoxy) is 1. The van der Waals surface area contributed by atoms with Crippen molar-refractivity contribution in [2.45, 2.75) is 26.3 Å². The average molecular weight is 445 g/mol. The lowest BCUT2D eigenvalue weighted by atomic mass is 9.98. The molecule has 9 heteroatoms. The molecule has 4 aromatic rings. The second-order valence-corrected chi connectivity index (χ2v) is 8.05. The Labute approximate surface area is 189 Å². The van der Waals surface area contributed by atoms with Gasteiger partial charge in [0.05, 0.1) is 24.0 Å². The van der Waals surface area contributed by atoms with Crippen LogP contribution >= 0.6 is 0 Å². The van der Waals surface area contributed by atoms with Crippen molar-refractivity contribution in [3.05, 3.63) is 70.0 Å². The number of benzene rings is 1. The summed E-state index contributed by atoms with van der Waals surface area (Å²) in [5, 5.41) is 4.52. The van der Waals surface area contributed by atoms with Crippen LogP contribution in [0, 0.1) is 6.92 Å². The van der Waals surface area contributed by atoms with E-state index < -0.39 is 0 Å². The fourth-order valence-electron chi connectivity index (χ4n) is 4.06. The lowest BCUT2D eigenvalue weighted by Gasteiger charge is -2.37. The number of hydrogen-bond acceptors (Lipinski definition) is 7. The first-order valence-corrected chi connectivity index (χ1v) is 10.8. The number of aryl methyl sites for hydroxylation is 2. The molecule has 0 bridgehead atoms. The number of methoxy groups -OCH3 is 1. The first-order valence-electron chi connectivity index (χ1n) is 10.8. The number of rotatable bonds is 5. The number of carbonyl (C=O) groups is 1. The van der Waals surface area contributed by atoms with Crippen LogP contribution in [0.2, 0.25) is 0 Å². The maximum absolute atomic E-state index is 13.1. The normalized spacial score (nSPS) is 13.8. The van der Waals surface area contributed by atoms with Gasteiger partial charge in [-0.05, 0) is 38.1 Å². The van der Waals surface area contributed by atoms with Crippen LogP contribution in [0.25, 0.3) is 22.4 Å². The average Bonchev–Trinajstić information content (AvgIpc) is 3.27. The second-order valence-electron chi connectivity index (χ2n) is 8.05. The molecule has 1 fully saturated rings. The van der Waals surface area contributed by atoms with Crippen LogP contribution in [-0.2, 0) is 6.54 Å². The zero-order chi connectivity index (χ0) is 23.1. The molecule has 0 spiro atoms. The van der Waals surface area contributed by atoms with Gasteiger partial charge in [0.2, 0.25) is 17.1 Å². The fourth-order valence-corrected chi connectivity index (χ4v) is 4.06. The van der Waals surface area contributed by atoms with Crippen molar-refractivity contribution in [1.29, 1.82) is 0 Å². The number of fused-ring (bicyclic) bond motifs is 1. The van der Waals surface area contributed by atoms with Crippen molar-refractivity contribution in [2.75, 3.05) is 20.2 Å². The highest BCUT2D eigenvalue weighted by Crippen LogP contribution is 2.31. The molecule has 0 radical (unpaired) electrons. The standard InChI is InChI=1S/C24H23N5O4/c1-4-28-13-18(20(30)17-10-9-14(2)25-22(17)28)24(31)29-11-15(12-29)23-26-21(27-33-23)16-7-5-6-8-19(16)32-3/h5-10,13,15H,4,11-12H2,1-3H3. The molecule has 1 amide bonds. The molecule has 168 valence electrons. The van der Waals surface area contributed by atoms with Gasteiger partial charge >= 0.3 is 0 Å². The summed E-state index contributed by atoms with van der Waals surface area (Å²) in [6.45, 7) is 5.24. The molecular weight excluding hydrogens is 422 g/mol. The number of aromatic nitrogens is 4. The molecule has 1 aromatic carbocycles. The lowest BCUT2D eigenvalue weighted by Crippen LogP contribution is -2.49. The predicted octanol–water partition coefficient (Wildman–Crippen LogP) is 3.02. The van der Waals surface area contributed by atoms with E-state index >= 15 is 0 Å². The zero-order valence-corrected chi connectivity index (χ0v) is 18.6. The van der Waals surface area contributed by atoms with Gasteiger partial charge in [-0.3, -0.25) is 9.59 Å². The van der Waals surface area contributed by atoms with Gasteiger partial charge in [0, 0.05) is 31.5 Å². The summed E-state index contributed by atoms with van der Waals surface area (Å²) in [7, 11) is 1.59. The molecule has 0 saturated carbocycles. The number of likely N-dealkylation sites (tertiary alicyclic amines) is 1. The van der Waals surface area contributed by atoms with E-state index in [0.717, 1.165) is 11.3 Å². The second kappa shape index (κ2) is 8.16. The van der Waals surface area contributed by atoms with Crippen molar-refractivity contribution in [1.82, 2.24) is 24.6 Å². The van der Waals surface area contributed by atoms with Gasteiger partial charge in [-0.25, -0.2) is 4.98 Å². The third kappa shape index (κ3) is 3.55. The third-order valence-electron chi connectivity index (χ3n) is 5.94. The highest BCUT2D eigenvalue weighted by Gasteiger charge is 2.37. The first kappa shape index (κ1) is 20.9. The molecule has 1 aliphatic rings. The van der Waals surface area contributed by atoms with Gasteiger partial charge in [0.25, 0.3) is 5.91 Å². The Hall–Kier alpha value is -4.01. The minimum atomic E-state index is -0.301. The quantitative estimate of drug-likeness (QED) is 0.465. The summed E-state index contributed by atoms with van der Waals surface area (Å²) in [4.78, 5) is 36.7. The topological polar surface area (TPSA) is 103 Å². The maximum Gasteiger partial charge on any atom is 0.259 e. The molecule has 1 saturated heterocycles. The summed E-state index contributed by atoms with van der Waals surface area (Å²) >= 11 is 0. The number of nitrogens with zero attached hydrogens (tertiary/aromatic N) is 5.